The molecule has 2 heterocycles. The quantitative estimate of drug-likeness (QED) is 0.876. The standard InChI is InChI=1S/C13H24N4/c1-4-7-11-12(14)13(16(3)15-11)17-9-6-5-8-10(17)2/h10H,4-9,14H2,1-3H3. The third-order valence-electron chi connectivity index (χ3n) is 3.69. The molecule has 1 aliphatic rings. The number of aryl methyl sites for hydroxylation is 2. The zero-order valence-electron chi connectivity index (χ0n) is 11.2. The van der Waals surface area contributed by atoms with Crippen molar-refractivity contribution in [2.75, 3.05) is 17.2 Å². The maximum Gasteiger partial charge on any atom is 0.150 e. The lowest BCUT2D eigenvalue weighted by molar-refractivity contribution is 0.474. The molecule has 96 valence electrons. The molecule has 2 N–H and O–H groups in total. The molecule has 1 unspecified atom stereocenters. The molecule has 0 bridgehead atoms. The molecule has 2 rings (SSSR count). The molecule has 0 spiro atoms. The molecule has 1 aromatic heterocycles. The number of nitrogen functional groups attached to an aromatic ring is 1. The molecule has 0 radical (unpaired) electrons. The fourth-order valence-electron chi connectivity index (χ4n) is 2.76. The van der Waals surface area contributed by atoms with Crippen LogP contribution in [-0.4, -0.2) is 22.4 Å². The van der Waals surface area contributed by atoms with E-state index < -0.39 is 0 Å². The maximum atomic E-state index is 6.26. The van der Waals surface area contributed by atoms with Gasteiger partial charge in [-0.2, -0.15) is 5.10 Å². The van der Waals surface area contributed by atoms with E-state index >= 15 is 0 Å². The van der Waals surface area contributed by atoms with Crippen LogP contribution in [0.4, 0.5) is 11.5 Å². The smallest absolute Gasteiger partial charge is 0.150 e. The molecule has 1 aromatic rings. The molecule has 1 saturated heterocycles. The number of rotatable bonds is 3. The molecule has 1 fully saturated rings. The van der Waals surface area contributed by atoms with Gasteiger partial charge in [0.2, 0.25) is 0 Å². The highest BCUT2D eigenvalue weighted by atomic mass is 15.4. The van der Waals surface area contributed by atoms with Crippen molar-refractivity contribution in [2.24, 2.45) is 7.05 Å². The second-order valence-electron chi connectivity index (χ2n) is 5.10. The Morgan fingerprint density at radius 2 is 2.18 bits per heavy atom. The maximum absolute atomic E-state index is 6.26. The summed E-state index contributed by atoms with van der Waals surface area (Å²) in [5.74, 6) is 1.13. The zero-order valence-corrected chi connectivity index (χ0v) is 11.2. The van der Waals surface area contributed by atoms with Gasteiger partial charge in [-0.3, -0.25) is 4.68 Å². The Morgan fingerprint density at radius 3 is 2.82 bits per heavy atom. The van der Waals surface area contributed by atoms with E-state index in [-0.39, 0.29) is 0 Å². The number of hydrogen-bond donors (Lipinski definition) is 1. The fourth-order valence-corrected chi connectivity index (χ4v) is 2.76. The second kappa shape index (κ2) is 4.98. The minimum absolute atomic E-state index is 0.580. The van der Waals surface area contributed by atoms with Crippen molar-refractivity contribution in [1.29, 1.82) is 0 Å². The van der Waals surface area contributed by atoms with Crippen LogP contribution in [0, 0.1) is 0 Å². The molecule has 4 heteroatoms. The largest absolute Gasteiger partial charge is 0.394 e. The number of piperidine rings is 1. The van der Waals surface area contributed by atoms with E-state index in [1.54, 1.807) is 0 Å². The third kappa shape index (κ3) is 2.26. The van der Waals surface area contributed by atoms with Crippen molar-refractivity contribution < 1.29 is 0 Å². The van der Waals surface area contributed by atoms with Gasteiger partial charge in [-0.15, -0.1) is 0 Å². The van der Waals surface area contributed by atoms with Crippen LogP contribution < -0.4 is 10.6 Å². The summed E-state index contributed by atoms with van der Waals surface area (Å²) < 4.78 is 1.96. The van der Waals surface area contributed by atoms with Crippen LogP contribution in [0.1, 0.15) is 45.2 Å². The Balaban J connectivity index is 2.30. The number of nitrogens with two attached hydrogens (primary N) is 1. The van der Waals surface area contributed by atoms with Crippen molar-refractivity contribution in [3.63, 3.8) is 0 Å². The van der Waals surface area contributed by atoms with Gasteiger partial charge in [0.25, 0.3) is 0 Å². The Bertz CT molecular complexity index is 383. The van der Waals surface area contributed by atoms with Gasteiger partial charge >= 0.3 is 0 Å². The highest BCUT2D eigenvalue weighted by Crippen LogP contribution is 2.31. The number of nitrogens with zero attached hydrogens (tertiary/aromatic N) is 3. The Labute approximate surface area is 104 Å². The fraction of sp³-hybridized carbons (Fsp3) is 0.769. The Morgan fingerprint density at radius 1 is 1.41 bits per heavy atom. The monoisotopic (exact) mass is 236 g/mol. The summed E-state index contributed by atoms with van der Waals surface area (Å²) in [6.07, 6.45) is 5.92. The van der Waals surface area contributed by atoms with Gasteiger partial charge in [0.05, 0.1) is 11.4 Å². The minimum atomic E-state index is 0.580. The first kappa shape index (κ1) is 12.3. The van der Waals surface area contributed by atoms with Crippen molar-refractivity contribution in [1.82, 2.24) is 9.78 Å². The number of anilines is 2. The predicted molar refractivity (Wildman–Crippen MR) is 72.3 cm³/mol. The van der Waals surface area contributed by atoms with Gasteiger partial charge in [-0.1, -0.05) is 13.3 Å². The van der Waals surface area contributed by atoms with Gasteiger partial charge in [0.1, 0.15) is 0 Å². The van der Waals surface area contributed by atoms with Gasteiger partial charge in [0, 0.05) is 19.6 Å². The average molecular weight is 236 g/mol. The van der Waals surface area contributed by atoms with E-state index in [0.29, 0.717) is 6.04 Å². The third-order valence-corrected chi connectivity index (χ3v) is 3.69. The highest BCUT2D eigenvalue weighted by molar-refractivity contribution is 5.67. The molecule has 1 atom stereocenters. The SMILES string of the molecule is CCCc1nn(C)c(N2CCCCC2C)c1N. The predicted octanol–water partition coefficient (Wildman–Crippen LogP) is 2.33. The molecule has 0 amide bonds. The molecule has 0 saturated carbocycles. The minimum Gasteiger partial charge on any atom is -0.394 e. The van der Waals surface area contributed by atoms with Gasteiger partial charge in [-0.05, 0) is 32.6 Å². The van der Waals surface area contributed by atoms with Crippen LogP contribution in [0.2, 0.25) is 0 Å². The second-order valence-corrected chi connectivity index (χ2v) is 5.10. The lowest BCUT2D eigenvalue weighted by atomic mass is 10.0. The van der Waals surface area contributed by atoms with Crippen molar-refractivity contribution in [3.05, 3.63) is 5.69 Å². The molecular formula is C13H24N4. The summed E-state index contributed by atoms with van der Waals surface area (Å²) in [6, 6.07) is 0.580. The molecular weight excluding hydrogens is 212 g/mol. The van der Waals surface area contributed by atoms with Crippen LogP contribution >= 0.6 is 0 Å². The average Bonchev–Trinajstić information content (AvgIpc) is 2.57. The summed E-state index contributed by atoms with van der Waals surface area (Å²) in [5.41, 5.74) is 8.21. The van der Waals surface area contributed by atoms with Crippen LogP contribution in [0.25, 0.3) is 0 Å². The van der Waals surface area contributed by atoms with Gasteiger partial charge < -0.3 is 10.6 Å². The van der Waals surface area contributed by atoms with Crippen molar-refractivity contribution in [2.45, 2.75) is 52.0 Å². The molecule has 1 aliphatic heterocycles. The lowest BCUT2D eigenvalue weighted by Crippen LogP contribution is -2.39. The highest BCUT2D eigenvalue weighted by Gasteiger charge is 2.24. The molecule has 4 nitrogen and oxygen atoms in total. The van der Waals surface area contributed by atoms with E-state index in [1.807, 2.05) is 11.7 Å². The van der Waals surface area contributed by atoms with Gasteiger partial charge in [-0.25, -0.2) is 0 Å². The first-order valence-electron chi connectivity index (χ1n) is 6.73. The lowest BCUT2D eigenvalue weighted by Gasteiger charge is -2.35. The van der Waals surface area contributed by atoms with E-state index in [4.69, 9.17) is 5.73 Å². The summed E-state index contributed by atoms with van der Waals surface area (Å²) in [4.78, 5) is 2.42. The zero-order chi connectivity index (χ0) is 12.4. The summed E-state index contributed by atoms with van der Waals surface area (Å²) in [6.45, 7) is 5.55. The van der Waals surface area contributed by atoms with Crippen LogP contribution in [0.5, 0.6) is 0 Å². The van der Waals surface area contributed by atoms with E-state index in [0.717, 1.165) is 36.6 Å². The molecule has 17 heavy (non-hydrogen) atoms. The summed E-state index contributed by atoms with van der Waals surface area (Å²) >= 11 is 0. The van der Waals surface area contributed by atoms with Crippen LogP contribution in [-0.2, 0) is 13.5 Å². The number of aromatic nitrogens is 2. The Hall–Kier alpha value is -1.19. The number of hydrogen-bond acceptors (Lipinski definition) is 3. The van der Waals surface area contributed by atoms with E-state index in [9.17, 15) is 0 Å². The first-order valence-corrected chi connectivity index (χ1v) is 6.73. The van der Waals surface area contributed by atoms with Crippen molar-refractivity contribution in [3.8, 4) is 0 Å². The van der Waals surface area contributed by atoms with Crippen LogP contribution in [0.3, 0.4) is 0 Å². The summed E-state index contributed by atoms with van der Waals surface area (Å²) in [7, 11) is 2.01. The van der Waals surface area contributed by atoms with Crippen LogP contribution in [0.15, 0.2) is 0 Å². The van der Waals surface area contributed by atoms with E-state index in [1.165, 1.54) is 19.3 Å². The first-order chi connectivity index (χ1) is 8.15. The van der Waals surface area contributed by atoms with Gasteiger partial charge in [0.15, 0.2) is 5.82 Å². The summed E-state index contributed by atoms with van der Waals surface area (Å²) in [5, 5.41) is 4.56. The molecule has 0 aliphatic carbocycles. The topological polar surface area (TPSA) is 47.1 Å². The van der Waals surface area contributed by atoms with E-state index in [2.05, 4.69) is 23.8 Å². The molecule has 0 aromatic carbocycles. The Kier molecular flexibility index (Phi) is 3.60. The van der Waals surface area contributed by atoms with Crippen molar-refractivity contribution >= 4 is 11.5 Å². The normalized spacial score (nSPS) is 20.9.